The zero-order chi connectivity index (χ0) is 4.28. The number of hydrogen-bond acceptors (Lipinski definition) is 3. The van der Waals surface area contributed by atoms with Crippen molar-refractivity contribution in [2.45, 2.75) is 0 Å². The monoisotopic (exact) mass is 93.0 g/mol. The maximum Gasteiger partial charge on any atom is 0.379 e. The maximum absolute atomic E-state index is 9.21. The second kappa shape index (κ2) is 2.04. The molecule has 0 radical (unpaired) electrons. The predicted molar refractivity (Wildman–Crippen MR) is 19.8 cm³/mol. The molecule has 0 aliphatic rings. The summed E-state index contributed by atoms with van der Waals surface area (Å²) in [5.74, 6) is 0. The number of nitrogens with two attached hydrogens (primary N) is 1. The van der Waals surface area contributed by atoms with Gasteiger partial charge in [0.2, 0.25) is 0 Å². The summed E-state index contributed by atoms with van der Waals surface area (Å²) in [5, 5.41) is 11.0. The zero-order valence-electron chi connectivity index (χ0n) is 2.34. The number of carboxylic acid groups (broad SMARTS) is 1. The highest BCUT2D eigenvalue weighted by Crippen LogP contribution is 1.81. The molecule has 0 atom stereocenters. The van der Waals surface area contributed by atoms with Crippen LogP contribution in [-0.4, -0.2) is 10.4 Å². The van der Waals surface area contributed by atoms with Crippen LogP contribution in [0.4, 0.5) is 4.79 Å². The highest BCUT2D eigenvalue weighted by Gasteiger charge is 1.82. The quantitative estimate of drug-likeness (QED) is 0.422. The van der Waals surface area contributed by atoms with E-state index in [0.29, 0.717) is 11.9 Å². The molecule has 0 spiro atoms. The molecule has 0 fully saturated rings. The molecular weight excluding hydrogens is 90.1 g/mol. The van der Waals surface area contributed by atoms with E-state index in [1.807, 2.05) is 0 Å². The van der Waals surface area contributed by atoms with Crippen molar-refractivity contribution < 1.29 is 9.90 Å². The molecule has 0 aliphatic heterocycles. The topological polar surface area (TPSA) is 63.3 Å². The van der Waals surface area contributed by atoms with Crippen molar-refractivity contribution in [3.63, 3.8) is 0 Å². The van der Waals surface area contributed by atoms with Crippen LogP contribution in [0.15, 0.2) is 0 Å². The smallest absolute Gasteiger partial charge is 0.379 e. The summed E-state index contributed by atoms with van der Waals surface area (Å²) in [6.45, 7) is 0. The number of hydrogen-bond donors (Lipinski definition) is 2. The summed E-state index contributed by atoms with van der Waals surface area (Å²) in [6.07, 6.45) is 0. The van der Waals surface area contributed by atoms with E-state index in [1.165, 1.54) is 0 Å². The van der Waals surface area contributed by atoms with Gasteiger partial charge in [0, 0.05) is 11.9 Å². The van der Waals surface area contributed by atoms with Gasteiger partial charge in [-0.1, -0.05) is 0 Å². The van der Waals surface area contributed by atoms with Gasteiger partial charge in [-0.3, -0.25) is 5.14 Å². The fourth-order valence-corrected chi connectivity index (χ4v) is 0. The molecular formula is CH3NO2S. The van der Waals surface area contributed by atoms with E-state index in [1.54, 1.807) is 0 Å². The van der Waals surface area contributed by atoms with Gasteiger partial charge in [-0.05, 0) is 0 Å². The Balaban J connectivity index is 2.85. The van der Waals surface area contributed by atoms with Crippen LogP contribution in [0.2, 0.25) is 0 Å². The molecule has 0 heterocycles. The average Bonchev–Trinajstić information content (AvgIpc) is 1.38. The maximum atomic E-state index is 9.21. The third-order valence-electron chi connectivity index (χ3n) is 0.101. The van der Waals surface area contributed by atoms with Gasteiger partial charge >= 0.3 is 5.30 Å². The molecule has 0 aromatic rings. The first kappa shape index (κ1) is 4.78. The molecule has 0 saturated heterocycles. The molecule has 5 heavy (non-hydrogen) atoms. The van der Waals surface area contributed by atoms with Gasteiger partial charge < -0.3 is 5.11 Å². The lowest BCUT2D eigenvalue weighted by Crippen LogP contribution is -1.87. The van der Waals surface area contributed by atoms with Gasteiger partial charge in [0.25, 0.3) is 0 Å². The van der Waals surface area contributed by atoms with Gasteiger partial charge in [-0.25, -0.2) is 4.79 Å². The van der Waals surface area contributed by atoms with E-state index < -0.39 is 5.30 Å². The van der Waals surface area contributed by atoms with E-state index in [-0.39, 0.29) is 0 Å². The summed E-state index contributed by atoms with van der Waals surface area (Å²) in [4.78, 5) is 9.21. The molecule has 0 saturated carbocycles. The van der Waals surface area contributed by atoms with E-state index in [9.17, 15) is 4.79 Å². The van der Waals surface area contributed by atoms with Crippen molar-refractivity contribution in [2.24, 2.45) is 5.14 Å². The predicted octanol–water partition coefficient (Wildman–Crippen LogP) is 0.271. The van der Waals surface area contributed by atoms with Crippen LogP contribution in [-0.2, 0) is 0 Å². The van der Waals surface area contributed by atoms with Crippen LogP contribution in [0, 0.1) is 0 Å². The second-order valence-electron chi connectivity index (χ2n) is 0.384. The minimum absolute atomic E-state index is 0.296. The zero-order valence-corrected chi connectivity index (χ0v) is 3.16. The van der Waals surface area contributed by atoms with Gasteiger partial charge in [0.05, 0.1) is 0 Å². The van der Waals surface area contributed by atoms with E-state index in [4.69, 9.17) is 5.11 Å². The van der Waals surface area contributed by atoms with Gasteiger partial charge in [-0.2, -0.15) is 0 Å². The van der Waals surface area contributed by atoms with Crippen LogP contribution < -0.4 is 5.14 Å². The molecule has 3 nitrogen and oxygen atoms in total. The fraction of sp³-hybridized carbons (Fsp3) is 0. The molecule has 0 rings (SSSR count). The normalized spacial score (nSPS) is 7.40. The van der Waals surface area contributed by atoms with Crippen molar-refractivity contribution >= 4 is 17.2 Å². The molecule has 0 amide bonds. The third-order valence-corrected chi connectivity index (χ3v) is 0.302. The van der Waals surface area contributed by atoms with Crippen molar-refractivity contribution in [3.8, 4) is 0 Å². The van der Waals surface area contributed by atoms with Crippen LogP contribution >= 0.6 is 11.9 Å². The molecule has 3 N–H and O–H groups in total. The standard InChI is InChI=1S/CH3NO2S/c2-5-1(3)4/h2H2,(H,3,4). The molecule has 0 aromatic heterocycles. The Morgan fingerprint density at radius 2 is 2.20 bits per heavy atom. The molecule has 0 aliphatic carbocycles. The first-order chi connectivity index (χ1) is 2.27. The van der Waals surface area contributed by atoms with E-state index in [0.717, 1.165) is 0 Å². The molecule has 0 bridgehead atoms. The average molecular weight is 93.1 g/mol. The Kier molecular flexibility index (Phi) is 1.95. The summed E-state index contributed by atoms with van der Waals surface area (Å²) in [6, 6.07) is 0. The molecule has 0 aromatic carbocycles. The number of carbonyl (C=O) groups is 1. The van der Waals surface area contributed by atoms with Crippen molar-refractivity contribution in [3.05, 3.63) is 0 Å². The fourth-order valence-electron chi connectivity index (χ4n) is 0. The first-order valence-corrected chi connectivity index (χ1v) is 1.75. The van der Waals surface area contributed by atoms with Gasteiger partial charge in [0.15, 0.2) is 0 Å². The molecule has 30 valence electrons. The van der Waals surface area contributed by atoms with Crippen LogP contribution in [0.1, 0.15) is 0 Å². The summed E-state index contributed by atoms with van der Waals surface area (Å²) in [7, 11) is 0. The Morgan fingerprint density at radius 3 is 2.20 bits per heavy atom. The Bertz CT molecular complexity index is 44.9. The van der Waals surface area contributed by atoms with Crippen LogP contribution in [0.25, 0.3) is 0 Å². The summed E-state index contributed by atoms with van der Waals surface area (Å²) >= 11 is 0.296. The number of rotatable bonds is 0. The lowest BCUT2D eigenvalue weighted by Gasteiger charge is -1.71. The second-order valence-corrected chi connectivity index (χ2v) is 0.969. The largest absolute Gasteiger partial charge is 0.472 e. The van der Waals surface area contributed by atoms with Crippen LogP contribution in [0.3, 0.4) is 0 Å². The van der Waals surface area contributed by atoms with E-state index >= 15 is 0 Å². The SMILES string of the molecule is NSC(=O)O. The first-order valence-electron chi connectivity index (χ1n) is 0.868. The summed E-state index contributed by atoms with van der Waals surface area (Å²) < 4.78 is 0. The van der Waals surface area contributed by atoms with Crippen molar-refractivity contribution in [1.29, 1.82) is 0 Å². The van der Waals surface area contributed by atoms with Crippen molar-refractivity contribution in [2.75, 3.05) is 0 Å². The lowest BCUT2D eigenvalue weighted by atomic mass is 11.6. The third kappa shape index (κ3) is 3.78. The minimum atomic E-state index is -1.05. The lowest BCUT2D eigenvalue weighted by molar-refractivity contribution is 0.222. The van der Waals surface area contributed by atoms with Gasteiger partial charge in [-0.15, -0.1) is 0 Å². The molecule has 0 unspecified atom stereocenters. The Morgan fingerprint density at radius 1 is 2.00 bits per heavy atom. The highest BCUT2D eigenvalue weighted by atomic mass is 32.2. The van der Waals surface area contributed by atoms with E-state index in [2.05, 4.69) is 5.14 Å². The molecule has 4 heteroatoms. The van der Waals surface area contributed by atoms with Crippen molar-refractivity contribution in [1.82, 2.24) is 0 Å². The summed E-state index contributed by atoms with van der Waals surface area (Å²) in [5.41, 5.74) is 0. The highest BCUT2D eigenvalue weighted by molar-refractivity contribution is 8.11. The Labute approximate surface area is 33.3 Å². The van der Waals surface area contributed by atoms with Crippen LogP contribution in [0.5, 0.6) is 0 Å². The minimum Gasteiger partial charge on any atom is -0.472 e. The van der Waals surface area contributed by atoms with Gasteiger partial charge in [0.1, 0.15) is 0 Å². The Hall–Kier alpha value is -0.220.